The Morgan fingerprint density at radius 1 is 1.13 bits per heavy atom. The van der Waals surface area contributed by atoms with E-state index in [1.165, 1.54) is 35.0 Å². The summed E-state index contributed by atoms with van der Waals surface area (Å²) in [4.78, 5) is 19.2. The fourth-order valence-electron chi connectivity index (χ4n) is 3.45. The number of pyridine rings is 1. The molecule has 31 heavy (non-hydrogen) atoms. The summed E-state index contributed by atoms with van der Waals surface area (Å²) in [6.45, 7) is 2.84. The number of aromatic hydroxyl groups is 1. The second-order valence-corrected chi connectivity index (χ2v) is 8.02. The minimum atomic E-state index is -4.40. The van der Waals surface area contributed by atoms with Gasteiger partial charge in [0.2, 0.25) is 5.88 Å². The zero-order valence-corrected chi connectivity index (χ0v) is 17.1. The largest absolute Gasteiger partial charge is 0.493 e. The number of ether oxygens (including phenoxy) is 1. The van der Waals surface area contributed by atoms with Crippen LogP contribution in [0.1, 0.15) is 5.56 Å². The molecule has 1 aromatic carbocycles. The van der Waals surface area contributed by atoms with Gasteiger partial charge in [-0.3, -0.25) is 9.55 Å². The number of benzene rings is 1. The van der Waals surface area contributed by atoms with Gasteiger partial charge in [-0.15, -0.1) is 0 Å². The summed E-state index contributed by atoms with van der Waals surface area (Å²) in [7, 11) is 0. The number of rotatable bonds is 5. The molecule has 0 amide bonds. The molecule has 3 heterocycles. The van der Waals surface area contributed by atoms with Crippen molar-refractivity contribution < 1.29 is 23.0 Å². The smallest absolute Gasteiger partial charge is 0.446 e. The van der Waals surface area contributed by atoms with Gasteiger partial charge in [-0.05, 0) is 47.7 Å². The molecular weight excluding hydrogens is 433 g/mol. The van der Waals surface area contributed by atoms with Gasteiger partial charge in [-0.2, -0.15) is 13.2 Å². The van der Waals surface area contributed by atoms with Crippen molar-refractivity contribution in [1.82, 2.24) is 14.1 Å². The molecule has 1 fully saturated rings. The first-order valence-electron chi connectivity index (χ1n) is 9.45. The van der Waals surface area contributed by atoms with Crippen LogP contribution in [-0.4, -0.2) is 51.0 Å². The molecule has 7 nitrogen and oxygen atoms in total. The normalized spacial score (nSPS) is 14.7. The zero-order valence-electron chi connectivity index (χ0n) is 16.2. The Morgan fingerprint density at radius 3 is 2.52 bits per heavy atom. The van der Waals surface area contributed by atoms with Gasteiger partial charge in [0, 0.05) is 24.2 Å². The van der Waals surface area contributed by atoms with Gasteiger partial charge in [-0.25, -0.2) is 9.36 Å². The highest BCUT2D eigenvalue weighted by Gasteiger charge is 2.29. The highest BCUT2D eigenvalue weighted by Crippen LogP contribution is 2.37. The Balaban J connectivity index is 1.61. The number of aromatic nitrogens is 3. The summed E-state index contributed by atoms with van der Waals surface area (Å²) < 4.78 is 45.4. The van der Waals surface area contributed by atoms with E-state index >= 15 is 0 Å². The molecule has 0 saturated carbocycles. The molecule has 0 spiro atoms. The van der Waals surface area contributed by atoms with E-state index in [4.69, 9.17) is 4.74 Å². The highest BCUT2D eigenvalue weighted by molar-refractivity contribution is 8.00. The molecule has 0 atom stereocenters. The predicted molar refractivity (Wildman–Crippen MR) is 110 cm³/mol. The van der Waals surface area contributed by atoms with E-state index in [-0.39, 0.29) is 34.8 Å². The molecule has 2 aromatic heterocycles. The second-order valence-electron chi connectivity index (χ2n) is 6.88. The number of thioether (sulfide) groups is 1. The third-order valence-corrected chi connectivity index (χ3v) is 5.59. The maximum absolute atomic E-state index is 12.9. The van der Waals surface area contributed by atoms with Crippen LogP contribution in [0, 0.1) is 0 Å². The van der Waals surface area contributed by atoms with Crippen LogP contribution in [0.5, 0.6) is 5.88 Å². The molecular formula is C20H19F3N4O3S. The van der Waals surface area contributed by atoms with Crippen LogP contribution >= 0.6 is 11.8 Å². The minimum absolute atomic E-state index is 0.00448. The Kier molecular flexibility index (Phi) is 5.96. The number of anilines is 1. The van der Waals surface area contributed by atoms with Crippen molar-refractivity contribution in [3.63, 3.8) is 0 Å². The van der Waals surface area contributed by atoms with Gasteiger partial charge < -0.3 is 14.7 Å². The van der Waals surface area contributed by atoms with Crippen LogP contribution in [0.25, 0.3) is 5.69 Å². The summed E-state index contributed by atoms with van der Waals surface area (Å²) in [6.07, 6.45) is 4.68. The number of hydrogen-bond donors (Lipinski definition) is 1. The lowest BCUT2D eigenvalue weighted by atomic mass is 10.2. The first kappa shape index (κ1) is 21.3. The van der Waals surface area contributed by atoms with Crippen molar-refractivity contribution >= 4 is 17.4 Å². The van der Waals surface area contributed by atoms with Crippen molar-refractivity contribution in [3.05, 3.63) is 65.0 Å². The highest BCUT2D eigenvalue weighted by atomic mass is 32.2. The number of imidazole rings is 1. The molecule has 1 aliphatic rings. The van der Waals surface area contributed by atoms with E-state index < -0.39 is 11.2 Å². The van der Waals surface area contributed by atoms with Gasteiger partial charge in [0.15, 0.2) is 0 Å². The third-order valence-electron chi connectivity index (χ3n) is 4.85. The van der Waals surface area contributed by atoms with E-state index in [9.17, 15) is 23.1 Å². The van der Waals surface area contributed by atoms with Gasteiger partial charge >= 0.3 is 11.2 Å². The van der Waals surface area contributed by atoms with E-state index in [1.807, 2.05) is 6.07 Å². The molecule has 1 aliphatic heterocycles. The SMILES string of the molecule is O=c1n(Cc2ccncc2N2CCOCC2)cc(O)n1-c1ccc(SC(F)(F)F)cc1. The molecule has 0 radical (unpaired) electrons. The van der Waals surface area contributed by atoms with Gasteiger partial charge in [-0.1, -0.05) is 0 Å². The van der Waals surface area contributed by atoms with Crippen LogP contribution in [0.15, 0.2) is 58.6 Å². The molecule has 0 aliphatic carbocycles. The number of hydrogen-bond acceptors (Lipinski definition) is 6. The van der Waals surface area contributed by atoms with Crippen molar-refractivity contribution in [1.29, 1.82) is 0 Å². The maximum atomic E-state index is 12.9. The van der Waals surface area contributed by atoms with Crippen LogP contribution in [0.3, 0.4) is 0 Å². The average Bonchev–Trinajstić information content (AvgIpc) is 3.02. The average molecular weight is 452 g/mol. The first-order chi connectivity index (χ1) is 14.8. The third kappa shape index (κ3) is 4.88. The van der Waals surface area contributed by atoms with Crippen molar-refractivity contribution in [3.8, 4) is 11.6 Å². The maximum Gasteiger partial charge on any atom is 0.446 e. The number of morpholine rings is 1. The quantitative estimate of drug-likeness (QED) is 0.600. The standard InChI is InChI=1S/C20H19F3N4O3S/c21-20(22,23)31-16-3-1-15(2-4-16)27-18(28)13-26(19(27)29)12-14-5-6-24-11-17(14)25-7-9-30-10-8-25/h1-6,11,13,28H,7-10,12H2. The van der Waals surface area contributed by atoms with E-state index in [0.29, 0.717) is 26.3 Å². The molecule has 1 saturated heterocycles. The van der Waals surface area contributed by atoms with E-state index in [2.05, 4.69) is 9.88 Å². The van der Waals surface area contributed by atoms with Crippen LogP contribution in [0.2, 0.25) is 0 Å². The number of halogens is 3. The second kappa shape index (κ2) is 8.67. The van der Waals surface area contributed by atoms with E-state index in [1.54, 1.807) is 12.4 Å². The number of nitrogens with zero attached hydrogens (tertiary/aromatic N) is 4. The Hall–Kier alpha value is -2.92. The Bertz CT molecular complexity index is 1110. The Morgan fingerprint density at radius 2 is 1.84 bits per heavy atom. The molecule has 4 rings (SSSR count). The zero-order chi connectivity index (χ0) is 22.0. The molecule has 0 bridgehead atoms. The lowest BCUT2D eigenvalue weighted by molar-refractivity contribution is -0.0328. The number of alkyl halides is 3. The monoisotopic (exact) mass is 452 g/mol. The lowest BCUT2D eigenvalue weighted by Crippen LogP contribution is -2.37. The fourth-order valence-corrected chi connectivity index (χ4v) is 3.99. The van der Waals surface area contributed by atoms with Gasteiger partial charge in [0.25, 0.3) is 0 Å². The molecule has 1 N–H and O–H groups in total. The fraction of sp³-hybridized carbons (Fsp3) is 0.300. The molecule has 0 unspecified atom stereocenters. The molecule has 11 heteroatoms. The van der Waals surface area contributed by atoms with Crippen molar-refractivity contribution in [2.24, 2.45) is 0 Å². The first-order valence-corrected chi connectivity index (χ1v) is 10.3. The van der Waals surface area contributed by atoms with E-state index in [0.717, 1.165) is 15.8 Å². The minimum Gasteiger partial charge on any atom is -0.493 e. The van der Waals surface area contributed by atoms with Gasteiger partial charge in [0.1, 0.15) is 0 Å². The Labute approximate surface area is 179 Å². The lowest BCUT2D eigenvalue weighted by Gasteiger charge is -2.30. The van der Waals surface area contributed by atoms with Crippen LogP contribution in [-0.2, 0) is 11.3 Å². The predicted octanol–water partition coefficient (Wildman–Crippen LogP) is 3.24. The summed E-state index contributed by atoms with van der Waals surface area (Å²) in [6, 6.07) is 7.07. The summed E-state index contributed by atoms with van der Waals surface area (Å²) in [5.74, 6) is -0.303. The molecule has 164 valence electrons. The van der Waals surface area contributed by atoms with Gasteiger partial charge in [0.05, 0.1) is 43.5 Å². The van der Waals surface area contributed by atoms with Crippen LogP contribution < -0.4 is 10.6 Å². The topological polar surface area (TPSA) is 72.5 Å². The van der Waals surface area contributed by atoms with Crippen LogP contribution in [0.4, 0.5) is 18.9 Å². The van der Waals surface area contributed by atoms with Crippen molar-refractivity contribution in [2.75, 3.05) is 31.2 Å². The summed E-state index contributed by atoms with van der Waals surface area (Å²) >= 11 is -0.239. The summed E-state index contributed by atoms with van der Waals surface area (Å²) in [5.41, 5.74) is -2.88. The molecule has 3 aromatic rings. The van der Waals surface area contributed by atoms with Crippen molar-refractivity contribution in [2.45, 2.75) is 16.9 Å². The summed E-state index contributed by atoms with van der Waals surface area (Å²) in [5, 5.41) is 10.3.